The van der Waals surface area contributed by atoms with E-state index in [0.29, 0.717) is 23.1 Å². The fourth-order valence-electron chi connectivity index (χ4n) is 1.69. The summed E-state index contributed by atoms with van der Waals surface area (Å²) in [7, 11) is 0. The highest BCUT2D eigenvalue weighted by Crippen LogP contribution is 2.09. The highest BCUT2D eigenvalue weighted by Gasteiger charge is 2.03. The minimum absolute atomic E-state index is 0.106. The van der Waals surface area contributed by atoms with E-state index in [2.05, 4.69) is 4.98 Å². The molecule has 84 valence electrons. The third-order valence-electron chi connectivity index (χ3n) is 2.44. The Morgan fingerprint density at radius 2 is 2.12 bits per heavy atom. The number of para-hydroxylation sites is 1. The SMILES string of the molecule is O=c1[nH]c(=S)n(CCCO)c2ccccc12. The number of aryl methyl sites for hydroxylation is 1. The molecule has 0 aliphatic rings. The second kappa shape index (κ2) is 4.59. The Bertz CT molecular complexity index is 615. The highest BCUT2D eigenvalue weighted by atomic mass is 32.1. The lowest BCUT2D eigenvalue weighted by Crippen LogP contribution is -2.15. The average Bonchev–Trinajstić information content (AvgIpc) is 2.29. The first-order chi connectivity index (χ1) is 7.74. The molecular weight excluding hydrogens is 224 g/mol. The molecule has 2 N–H and O–H groups in total. The van der Waals surface area contributed by atoms with Gasteiger partial charge in [-0.15, -0.1) is 0 Å². The number of nitrogens with one attached hydrogen (secondary N) is 1. The number of aliphatic hydroxyl groups is 1. The zero-order valence-electron chi connectivity index (χ0n) is 8.64. The number of aromatic amines is 1. The summed E-state index contributed by atoms with van der Waals surface area (Å²) in [6.07, 6.45) is 0.615. The van der Waals surface area contributed by atoms with Crippen molar-refractivity contribution >= 4 is 23.1 Å². The van der Waals surface area contributed by atoms with Gasteiger partial charge in [-0.05, 0) is 30.8 Å². The Hall–Kier alpha value is -1.46. The molecule has 0 saturated heterocycles. The van der Waals surface area contributed by atoms with Crippen molar-refractivity contribution in [3.63, 3.8) is 0 Å². The van der Waals surface area contributed by atoms with Crippen molar-refractivity contribution in [3.8, 4) is 0 Å². The normalized spacial score (nSPS) is 10.8. The van der Waals surface area contributed by atoms with Gasteiger partial charge in [0.1, 0.15) is 0 Å². The molecule has 0 saturated carbocycles. The molecule has 5 heteroatoms. The van der Waals surface area contributed by atoms with E-state index >= 15 is 0 Å². The first kappa shape index (κ1) is 11.0. The van der Waals surface area contributed by atoms with Crippen molar-refractivity contribution in [3.05, 3.63) is 39.4 Å². The summed E-state index contributed by atoms with van der Waals surface area (Å²) >= 11 is 5.11. The summed E-state index contributed by atoms with van der Waals surface area (Å²) in [5, 5.41) is 9.45. The number of aromatic nitrogens is 2. The number of nitrogens with zero attached hydrogens (tertiary/aromatic N) is 1. The summed E-state index contributed by atoms with van der Waals surface area (Å²) < 4.78 is 2.24. The van der Waals surface area contributed by atoms with Crippen molar-refractivity contribution in [2.45, 2.75) is 13.0 Å². The minimum atomic E-state index is -0.166. The standard InChI is InChI=1S/C11H12N2O2S/c14-7-3-6-13-9-5-2-1-4-8(9)10(15)12-11(13)16/h1-2,4-5,14H,3,6-7H2,(H,12,15,16). The van der Waals surface area contributed by atoms with E-state index in [0.717, 1.165) is 5.52 Å². The predicted octanol–water partition coefficient (Wildman–Crippen LogP) is 1.44. The van der Waals surface area contributed by atoms with E-state index in [1.807, 2.05) is 22.8 Å². The molecule has 1 aromatic heterocycles. The molecule has 1 heterocycles. The van der Waals surface area contributed by atoms with Gasteiger partial charge in [0, 0.05) is 13.2 Å². The van der Waals surface area contributed by atoms with Gasteiger partial charge in [-0.2, -0.15) is 0 Å². The maximum Gasteiger partial charge on any atom is 0.259 e. The fraction of sp³-hybridized carbons (Fsp3) is 0.273. The van der Waals surface area contributed by atoms with E-state index in [4.69, 9.17) is 17.3 Å². The zero-order chi connectivity index (χ0) is 11.5. The van der Waals surface area contributed by atoms with E-state index in [9.17, 15) is 4.79 Å². The summed E-state index contributed by atoms with van der Waals surface area (Å²) in [6, 6.07) is 7.30. The van der Waals surface area contributed by atoms with Crippen LogP contribution in [0.25, 0.3) is 10.9 Å². The molecule has 4 nitrogen and oxygen atoms in total. The van der Waals surface area contributed by atoms with Crippen molar-refractivity contribution in [2.24, 2.45) is 0 Å². The van der Waals surface area contributed by atoms with E-state index in [1.165, 1.54) is 0 Å². The number of rotatable bonds is 3. The molecule has 0 spiro atoms. The molecule has 0 bridgehead atoms. The van der Waals surface area contributed by atoms with E-state index < -0.39 is 0 Å². The topological polar surface area (TPSA) is 58.0 Å². The van der Waals surface area contributed by atoms with Crippen LogP contribution < -0.4 is 5.56 Å². The van der Waals surface area contributed by atoms with Crippen LogP contribution in [0.3, 0.4) is 0 Å². The maximum absolute atomic E-state index is 11.6. The molecule has 0 radical (unpaired) electrons. The number of fused-ring (bicyclic) bond motifs is 1. The second-order valence-corrected chi connectivity index (χ2v) is 3.89. The maximum atomic E-state index is 11.6. The Morgan fingerprint density at radius 1 is 1.38 bits per heavy atom. The largest absolute Gasteiger partial charge is 0.396 e. The van der Waals surface area contributed by atoms with Gasteiger partial charge >= 0.3 is 0 Å². The molecule has 0 aliphatic carbocycles. The lowest BCUT2D eigenvalue weighted by Gasteiger charge is -2.09. The van der Waals surface area contributed by atoms with Gasteiger partial charge < -0.3 is 9.67 Å². The van der Waals surface area contributed by atoms with Crippen molar-refractivity contribution in [1.29, 1.82) is 0 Å². The lowest BCUT2D eigenvalue weighted by molar-refractivity contribution is 0.280. The lowest BCUT2D eigenvalue weighted by atomic mass is 10.2. The van der Waals surface area contributed by atoms with Gasteiger partial charge in [0.25, 0.3) is 5.56 Å². The Balaban J connectivity index is 2.72. The summed E-state index contributed by atoms with van der Waals surface area (Å²) in [4.78, 5) is 14.3. The zero-order valence-corrected chi connectivity index (χ0v) is 9.46. The summed E-state index contributed by atoms with van der Waals surface area (Å²) in [5.74, 6) is 0. The van der Waals surface area contributed by atoms with Crippen LogP contribution in [0.15, 0.2) is 29.1 Å². The van der Waals surface area contributed by atoms with Crippen LogP contribution in [0.1, 0.15) is 6.42 Å². The molecule has 0 fully saturated rings. The molecule has 0 unspecified atom stereocenters. The van der Waals surface area contributed by atoms with Crippen LogP contribution in [-0.4, -0.2) is 21.3 Å². The van der Waals surface area contributed by atoms with Crippen molar-refractivity contribution in [2.75, 3.05) is 6.61 Å². The second-order valence-electron chi connectivity index (χ2n) is 3.51. The molecule has 2 rings (SSSR count). The van der Waals surface area contributed by atoms with Gasteiger partial charge in [0.15, 0.2) is 4.77 Å². The number of H-pyrrole nitrogens is 1. The highest BCUT2D eigenvalue weighted by molar-refractivity contribution is 7.71. The van der Waals surface area contributed by atoms with Crippen LogP contribution in [0.5, 0.6) is 0 Å². The molecule has 16 heavy (non-hydrogen) atoms. The first-order valence-corrected chi connectivity index (χ1v) is 5.47. The van der Waals surface area contributed by atoms with Crippen LogP contribution in [0.2, 0.25) is 0 Å². The predicted molar refractivity (Wildman–Crippen MR) is 65.1 cm³/mol. The van der Waals surface area contributed by atoms with Gasteiger partial charge in [-0.25, -0.2) is 0 Å². The Morgan fingerprint density at radius 3 is 2.88 bits per heavy atom. The molecular formula is C11H12N2O2S. The van der Waals surface area contributed by atoms with Gasteiger partial charge in [-0.3, -0.25) is 9.78 Å². The van der Waals surface area contributed by atoms with Crippen molar-refractivity contribution in [1.82, 2.24) is 9.55 Å². The van der Waals surface area contributed by atoms with E-state index in [1.54, 1.807) is 6.07 Å². The summed E-state index contributed by atoms with van der Waals surface area (Å²) in [5.41, 5.74) is 0.644. The number of aliphatic hydroxyl groups excluding tert-OH is 1. The fourth-order valence-corrected chi connectivity index (χ4v) is 1.98. The van der Waals surface area contributed by atoms with E-state index in [-0.39, 0.29) is 12.2 Å². The smallest absolute Gasteiger partial charge is 0.259 e. The van der Waals surface area contributed by atoms with Gasteiger partial charge in [0.2, 0.25) is 0 Å². The van der Waals surface area contributed by atoms with Crippen LogP contribution in [0, 0.1) is 4.77 Å². The molecule has 2 aromatic rings. The van der Waals surface area contributed by atoms with Gasteiger partial charge in [-0.1, -0.05) is 12.1 Å². The Labute approximate surface area is 97.2 Å². The average molecular weight is 236 g/mol. The van der Waals surface area contributed by atoms with Crippen LogP contribution in [0.4, 0.5) is 0 Å². The van der Waals surface area contributed by atoms with Crippen molar-refractivity contribution < 1.29 is 5.11 Å². The molecule has 1 aromatic carbocycles. The Kier molecular flexibility index (Phi) is 3.17. The van der Waals surface area contributed by atoms with Crippen LogP contribution >= 0.6 is 12.2 Å². The molecule has 0 atom stereocenters. The quantitative estimate of drug-likeness (QED) is 0.793. The first-order valence-electron chi connectivity index (χ1n) is 5.07. The monoisotopic (exact) mass is 236 g/mol. The number of hydrogen-bond donors (Lipinski definition) is 2. The number of hydrogen-bond acceptors (Lipinski definition) is 3. The van der Waals surface area contributed by atoms with Crippen LogP contribution in [-0.2, 0) is 6.54 Å². The molecule has 0 aliphatic heterocycles. The van der Waals surface area contributed by atoms with Gasteiger partial charge in [0.05, 0.1) is 10.9 Å². The summed E-state index contributed by atoms with van der Waals surface area (Å²) in [6.45, 7) is 0.710. The third-order valence-corrected chi connectivity index (χ3v) is 2.77. The number of benzene rings is 1. The minimum Gasteiger partial charge on any atom is -0.396 e. The third kappa shape index (κ3) is 1.91. The molecule has 0 amide bonds.